The number of ether oxygens (including phenoxy) is 2. The van der Waals surface area contributed by atoms with Crippen LogP contribution in [0.1, 0.15) is 48.4 Å². The zero-order valence-corrected chi connectivity index (χ0v) is 32.4. The first-order valence-corrected chi connectivity index (χ1v) is 18.9. The number of amides is 2. The molecule has 4 aromatic rings. The molecule has 9 nitrogen and oxygen atoms in total. The molecule has 1 aromatic heterocycles. The van der Waals surface area contributed by atoms with Crippen LogP contribution in [0.3, 0.4) is 0 Å². The van der Waals surface area contributed by atoms with Gasteiger partial charge in [-0.25, -0.2) is 4.98 Å². The van der Waals surface area contributed by atoms with E-state index in [1.54, 1.807) is 25.4 Å². The van der Waals surface area contributed by atoms with E-state index in [4.69, 9.17) is 9.47 Å². The highest BCUT2D eigenvalue weighted by molar-refractivity contribution is 14.1. The summed E-state index contributed by atoms with van der Waals surface area (Å²) in [6.07, 6.45) is 6.03. The lowest BCUT2D eigenvalue weighted by atomic mass is 9.81. The Morgan fingerprint density at radius 1 is 1.19 bits per heavy atom. The predicted octanol–water partition coefficient (Wildman–Crippen LogP) is 8.12. The van der Waals surface area contributed by atoms with E-state index in [0.29, 0.717) is 50.7 Å². The summed E-state index contributed by atoms with van der Waals surface area (Å²) in [7, 11) is 1.63. The van der Waals surface area contributed by atoms with Crippen molar-refractivity contribution < 1.29 is 24.2 Å². The topological polar surface area (TPSA) is 113 Å². The second-order valence-electron chi connectivity index (χ2n) is 11.8. The van der Waals surface area contributed by atoms with Crippen LogP contribution in [0.25, 0.3) is 11.6 Å². The first-order chi connectivity index (χ1) is 23.1. The molecular formula is C35H33Br2IN4O5S. The minimum atomic E-state index is -0.585. The number of hydrogen-bond donors (Lipinski definition) is 3. The summed E-state index contributed by atoms with van der Waals surface area (Å²) >= 11 is 10.4. The molecule has 13 heteroatoms. The number of halogens is 3. The van der Waals surface area contributed by atoms with Crippen molar-refractivity contribution in [2.45, 2.75) is 38.1 Å². The first kappa shape index (κ1) is 34.9. The third kappa shape index (κ3) is 7.44. The molecule has 0 aliphatic carbocycles. The Bertz CT molecular complexity index is 1880. The Kier molecular flexibility index (Phi) is 10.8. The number of rotatable bonds is 11. The van der Waals surface area contributed by atoms with Crippen LogP contribution in [0, 0.1) is 3.57 Å². The molecule has 3 N–H and O–H groups in total. The summed E-state index contributed by atoms with van der Waals surface area (Å²) in [5.41, 5.74) is 4.73. The molecule has 6 rings (SSSR count). The molecule has 1 unspecified atom stereocenters. The van der Waals surface area contributed by atoms with Crippen LogP contribution in [0.4, 0.5) is 10.8 Å². The van der Waals surface area contributed by atoms with Crippen molar-refractivity contribution in [1.29, 1.82) is 0 Å². The van der Waals surface area contributed by atoms with E-state index >= 15 is 0 Å². The Morgan fingerprint density at radius 2 is 1.98 bits per heavy atom. The van der Waals surface area contributed by atoms with Gasteiger partial charge in [0.25, 0.3) is 5.91 Å². The van der Waals surface area contributed by atoms with E-state index in [2.05, 4.69) is 70.1 Å². The monoisotopic (exact) mass is 906 g/mol. The zero-order valence-electron chi connectivity index (χ0n) is 26.2. The quantitative estimate of drug-likeness (QED) is 0.0792. The van der Waals surface area contributed by atoms with Crippen LogP contribution in [-0.4, -0.2) is 48.7 Å². The van der Waals surface area contributed by atoms with Crippen molar-refractivity contribution in [1.82, 2.24) is 10.3 Å². The van der Waals surface area contributed by atoms with Gasteiger partial charge in [0, 0.05) is 51.3 Å². The fraction of sp³-hybridized carbons (Fsp3) is 0.286. The van der Waals surface area contributed by atoms with Crippen molar-refractivity contribution in [2.75, 3.05) is 37.0 Å². The lowest BCUT2D eigenvalue weighted by molar-refractivity contribution is -0.117. The number of thiazole rings is 1. The summed E-state index contributed by atoms with van der Waals surface area (Å²) in [6.45, 7) is 3.75. The highest BCUT2D eigenvalue weighted by Crippen LogP contribution is 2.42. The number of phenols is 1. The smallest absolute Gasteiger partial charge is 0.258 e. The van der Waals surface area contributed by atoms with Crippen LogP contribution in [0.5, 0.6) is 17.2 Å². The molecule has 0 saturated carbocycles. The highest BCUT2D eigenvalue weighted by Gasteiger charge is 2.36. The molecule has 250 valence electrons. The minimum Gasteiger partial charge on any atom is -0.506 e. The zero-order chi connectivity index (χ0) is 34.0. The van der Waals surface area contributed by atoms with E-state index in [0.717, 1.165) is 50.9 Å². The van der Waals surface area contributed by atoms with Crippen molar-refractivity contribution in [3.05, 3.63) is 88.8 Å². The summed E-state index contributed by atoms with van der Waals surface area (Å²) in [6, 6.07) is 13.6. The SMILES string of the molecule is COc1cc2c(cc1OCCCCN1C(=O)/C(=C\c3cc(Br)c(O)c(Br)c3)c3cc(I)ccc31)C(C)(CC(=O)Nc1nccs1)NCC2. The van der Waals surface area contributed by atoms with Gasteiger partial charge in [-0.1, -0.05) is 0 Å². The van der Waals surface area contributed by atoms with Gasteiger partial charge in [-0.15, -0.1) is 11.3 Å². The molecule has 2 aliphatic rings. The van der Waals surface area contributed by atoms with Gasteiger partial charge in [0.1, 0.15) is 5.75 Å². The minimum absolute atomic E-state index is 0.0599. The average molecular weight is 908 g/mol. The largest absolute Gasteiger partial charge is 0.506 e. The Balaban J connectivity index is 1.12. The molecule has 48 heavy (non-hydrogen) atoms. The number of carbonyl (C=O) groups excluding carboxylic acids is 2. The summed E-state index contributed by atoms with van der Waals surface area (Å²) in [4.78, 5) is 32.7. The molecule has 0 saturated heterocycles. The molecule has 3 aromatic carbocycles. The number of aromatic nitrogens is 1. The molecular weight excluding hydrogens is 875 g/mol. The number of fused-ring (bicyclic) bond motifs is 2. The van der Waals surface area contributed by atoms with Gasteiger partial charge in [-0.05, 0) is 146 Å². The lowest BCUT2D eigenvalue weighted by Crippen LogP contribution is -2.47. The second kappa shape index (κ2) is 14.9. The molecule has 2 amide bonds. The molecule has 0 spiro atoms. The van der Waals surface area contributed by atoms with Crippen molar-refractivity contribution in [3.8, 4) is 17.2 Å². The third-order valence-corrected chi connectivity index (χ3v) is 11.1. The highest BCUT2D eigenvalue weighted by atomic mass is 127. The van der Waals surface area contributed by atoms with Crippen LogP contribution in [0.2, 0.25) is 0 Å². The number of phenolic OH excluding ortho intramolecular Hbond substituents is 1. The van der Waals surface area contributed by atoms with E-state index in [-0.39, 0.29) is 24.0 Å². The fourth-order valence-electron chi connectivity index (χ4n) is 6.17. The van der Waals surface area contributed by atoms with Gasteiger partial charge < -0.3 is 30.1 Å². The van der Waals surface area contributed by atoms with Crippen molar-refractivity contribution in [2.24, 2.45) is 0 Å². The summed E-state index contributed by atoms with van der Waals surface area (Å²) < 4.78 is 14.1. The lowest BCUT2D eigenvalue weighted by Gasteiger charge is -2.37. The first-order valence-electron chi connectivity index (χ1n) is 15.4. The van der Waals surface area contributed by atoms with Gasteiger partial charge in [0.15, 0.2) is 16.6 Å². The molecule has 0 fully saturated rings. The van der Waals surface area contributed by atoms with E-state index in [1.807, 2.05) is 53.6 Å². The number of methoxy groups -OCH3 is 1. The maximum atomic E-state index is 13.7. The molecule has 0 bridgehead atoms. The number of nitrogens with zero attached hydrogens (tertiary/aromatic N) is 2. The molecule has 0 radical (unpaired) electrons. The number of carbonyl (C=O) groups is 2. The normalized spacial score (nSPS) is 17.7. The van der Waals surface area contributed by atoms with Crippen LogP contribution in [-0.2, 0) is 21.5 Å². The van der Waals surface area contributed by atoms with Crippen molar-refractivity contribution >= 4 is 100 Å². The summed E-state index contributed by atoms with van der Waals surface area (Å²) in [5, 5.41) is 19.0. The Labute approximate surface area is 313 Å². The van der Waals surface area contributed by atoms with Gasteiger partial charge in [-0.3, -0.25) is 9.59 Å². The van der Waals surface area contributed by atoms with Crippen molar-refractivity contribution in [3.63, 3.8) is 0 Å². The molecule has 1 atom stereocenters. The molecule has 2 aliphatic heterocycles. The van der Waals surface area contributed by atoms with Crippen LogP contribution < -0.4 is 25.0 Å². The van der Waals surface area contributed by atoms with E-state index in [1.165, 1.54) is 11.3 Å². The number of hydrogen-bond acceptors (Lipinski definition) is 8. The number of aromatic hydroxyl groups is 1. The fourth-order valence-corrected chi connectivity index (χ4v) is 8.43. The summed E-state index contributed by atoms with van der Waals surface area (Å²) in [5.74, 6) is 1.23. The standard InChI is InChI=1S/C35H33Br2IN4O5S/c1-35(19-31(43)41-34-39-9-12-48-34)25-18-30(29(46-2)16-21(25)7-8-40-35)47-11-4-3-10-42-28-6-5-22(38)17-23(28)24(33(42)45)13-20-14-26(36)32(44)27(37)15-20/h5-6,9,12-18,40,44H,3-4,7-8,10-11,19H2,1-2H3,(H,39,41,43)/b24-13-. The van der Waals surface area contributed by atoms with Crippen LogP contribution >= 0.6 is 65.8 Å². The second-order valence-corrected chi connectivity index (χ2v) is 15.6. The van der Waals surface area contributed by atoms with Gasteiger partial charge >= 0.3 is 0 Å². The third-order valence-electron chi connectivity index (χ3n) is 8.49. The van der Waals surface area contributed by atoms with Gasteiger partial charge in [0.2, 0.25) is 5.91 Å². The Hall–Kier alpha value is -2.98. The molecule has 3 heterocycles. The Morgan fingerprint density at radius 3 is 2.71 bits per heavy atom. The van der Waals surface area contributed by atoms with Gasteiger partial charge in [-0.2, -0.15) is 0 Å². The van der Waals surface area contributed by atoms with E-state index < -0.39 is 5.54 Å². The average Bonchev–Trinajstić information content (AvgIpc) is 3.65. The number of benzene rings is 3. The predicted molar refractivity (Wildman–Crippen MR) is 205 cm³/mol. The van der Waals surface area contributed by atoms with E-state index in [9.17, 15) is 14.7 Å². The van der Waals surface area contributed by atoms with Crippen LogP contribution in [0.15, 0.2) is 63.0 Å². The number of anilines is 2. The number of unbranched alkanes of at least 4 members (excludes halogenated alkanes) is 1. The maximum Gasteiger partial charge on any atom is 0.258 e. The maximum absolute atomic E-state index is 13.7. The van der Waals surface area contributed by atoms with Gasteiger partial charge in [0.05, 0.1) is 28.3 Å². The number of nitrogens with one attached hydrogen (secondary N) is 2.